The summed E-state index contributed by atoms with van der Waals surface area (Å²) in [6.45, 7) is 2.64. The number of hydrogen-bond donors (Lipinski definition) is 0. The van der Waals surface area contributed by atoms with Crippen LogP contribution in [0.4, 0.5) is 0 Å². The summed E-state index contributed by atoms with van der Waals surface area (Å²) in [5.41, 5.74) is 1.09. The lowest BCUT2D eigenvalue weighted by atomic mass is 10.1. The van der Waals surface area contributed by atoms with E-state index in [1.807, 2.05) is 24.4 Å². The van der Waals surface area contributed by atoms with Crippen LogP contribution >= 0.6 is 0 Å². The minimum Gasteiger partial charge on any atom is -0.300 e. The number of likely N-dealkylation sites (tertiary alicyclic amines) is 1. The molecule has 0 atom stereocenters. The van der Waals surface area contributed by atoms with E-state index in [1.54, 1.807) is 0 Å². The summed E-state index contributed by atoms with van der Waals surface area (Å²) in [4.78, 5) is 17.6. The van der Waals surface area contributed by atoms with Crippen molar-refractivity contribution >= 4 is 5.78 Å². The Bertz CT molecular complexity index is 300. The molecule has 1 aliphatic heterocycles. The second kappa shape index (κ2) is 4.33. The second-order valence-corrected chi connectivity index (χ2v) is 3.64. The van der Waals surface area contributed by atoms with Crippen molar-refractivity contribution in [1.29, 1.82) is 0 Å². The molecule has 1 fully saturated rings. The summed E-state index contributed by atoms with van der Waals surface area (Å²) in [6.07, 6.45) is 3.21. The molecule has 0 aliphatic carbocycles. The zero-order chi connectivity index (χ0) is 9.80. The van der Waals surface area contributed by atoms with Crippen LogP contribution in [-0.4, -0.2) is 28.8 Å². The van der Waals surface area contributed by atoms with Crippen LogP contribution in [-0.2, 0) is 11.3 Å². The molecular formula is C11H14N2O. The van der Waals surface area contributed by atoms with E-state index in [2.05, 4.69) is 9.88 Å². The Morgan fingerprint density at radius 1 is 1.29 bits per heavy atom. The summed E-state index contributed by atoms with van der Waals surface area (Å²) in [7, 11) is 0. The number of aromatic nitrogens is 1. The predicted molar refractivity (Wildman–Crippen MR) is 53.8 cm³/mol. The van der Waals surface area contributed by atoms with Crippen LogP contribution < -0.4 is 0 Å². The molecule has 1 aromatic heterocycles. The van der Waals surface area contributed by atoms with Crippen LogP contribution in [0.25, 0.3) is 0 Å². The highest BCUT2D eigenvalue weighted by atomic mass is 16.1. The Labute approximate surface area is 83.8 Å². The van der Waals surface area contributed by atoms with Gasteiger partial charge in [-0.1, -0.05) is 6.07 Å². The van der Waals surface area contributed by atoms with E-state index in [9.17, 15) is 4.79 Å². The van der Waals surface area contributed by atoms with Gasteiger partial charge < -0.3 is 0 Å². The number of nitrogens with zero attached hydrogens (tertiary/aromatic N) is 2. The van der Waals surface area contributed by atoms with Gasteiger partial charge in [0.1, 0.15) is 5.78 Å². The van der Waals surface area contributed by atoms with Crippen LogP contribution in [0.15, 0.2) is 24.4 Å². The van der Waals surface area contributed by atoms with Gasteiger partial charge in [0.05, 0.1) is 5.69 Å². The third kappa shape index (κ3) is 2.39. The topological polar surface area (TPSA) is 33.2 Å². The van der Waals surface area contributed by atoms with Gasteiger partial charge in [-0.15, -0.1) is 0 Å². The summed E-state index contributed by atoms with van der Waals surface area (Å²) in [5, 5.41) is 0. The monoisotopic (exact) mass is 190 g/mol. The number of pyridine rings is 1. The third-order valence-electron chi connectivity index (χ3n) is 2.53. The number of rotatable bonds is 2. The fourth-order valence-electron chi connectivity index (χ4n) is 1.68. The normalized spacial score (nSPS) is 18.4. The first kappa shape index (κ1) is 9.34. The summed E-state index contributed by atoms with van der Waals surface area (Å²) < 4.78 is 0. The maximum atomic E-state index is 11.0. The molecule has 2 rings (SSSR count). The van der Waals surface area contributed by atoms with Crippen molar-refractivity contribution in [1.82, 2.24) is 9.88 Å². The summed E-state index contributed by atoms with van der Waals surface area (Å²) in [6, 6.07) is 5.94. The fraction of sp³-hybridized carbons (Fsp3) is 0.455. The zero-order valence-corrected chi connectivity index (χ0v) is 8.15. The number of ketones is 1. The molecule has 0 unspecified atom stereocenters. The van der Waals surface area contributed by atoms with E-state index in [0.717, 1.165) is 25.3 Å². The number of piperidine rings is 1. The number of carbonyl (C=O) groups excluding carboxylic acids is 1. The molecule has 2 heterocycles. The highest BCUT2D eigenvalue weighted by Gasteiger charge is 2.15. The lowest BCUT2D eigenvalue weighted by Gasteiger charge is -2.25. The first-order chi connectivity index (χ1) is 6.84. The standard InChI is InChI=1S/C11H14N2O/c14-11-4-7-13(8-5-11)9-10-3-1-2-6-12-10/h1-3,6H,4-5,7-9H2. The molecule has 0 bridgehead atoms. The molecule has 3 nitrogen and oxygen atoms in total. The summed E-state index contributed by atoms with van der Waals surface area (Å²) >= 11 is 0. The molecular weight excluding hydrogens is 176 g/mol. The number of hydrogen-bond acceptors (Lipinski definition) is 3. The van der Waals surface area contributed by atoms with Crippen molar-refractivity contribution in [2.45, 2.75) is 19.4 Å². The van der Waals surface area contributed by atoms with Gasteiger partial charge in [-0.3, -0.25) is 14.7 Å². The van der Waals surface area contributed by atoms with E-state index in [4.69, 9.17) is 0 Å². The quantitative estimate of drug-likeness (QED) is 0.703. The van der Waals surface area contributed by atoms with E-state index < -0.39 is 0 Å². The van der Waals surface area contributed by atoms with E-state index >= 15 is 0 Å². The highest BCUT2D eigenvalue weighted by Crippen LogP contribution is 2.08. The third-order valence-corrected chi connectivity index (χ3v) is 2.53. The van der Waals surface area contributed by atoms with Gasteiger partial charge in [-0.25, -0.2) is 0 Å². The minimum absolute atomic E-state index is 0.391. The van der Waals surface area contributed by atoms with Crippen molar-refractivity contribution in [2.24, 2.45) is 0 Å². The van der Waals surface area contributed by atoms with E-state index in [0.29, 0.717) is 18.6 Å². The van der Waals surface area contributed by atoms with Crippen molar-refractivity contribution < 1.29 is 4.79 Å². The molecule has 1 aliphatic rings. The maximum absolute atomic E-state index is 11.0. The molecule has 14 heavy (non-hydrogen) atoms. The van der Waals surface area contributed by atoms with Crippen LogP contribution in [0.2, 0.25) is 0 Å². The van der Waals surface area contributed by atoms with Crippen molar-refractivity contribution in [3.8, 4) is 0 Å². The lowest BCUT2D eigenvalue weighted by Crippen LogP contribution is -2.33. The smallest absolute Gasteiger partial charge is 0.135 e. The second-order valence-electron chi connectivity index (χ2n) is 3.64. The molecule has 3 heteroatoms. The highest BCUT2D eigenvalue weighted by molar-refractivity contribution is 5.79. The van der Waals surface area contributed by atoms with Gasteiger partial charge in [0.2, 0.25) is 0 Å². The van der Waals surface area contributed by atoms with Gasteiger partial charge in [-0.05, 0) is 12.1 Å². The first-order valence-electron chi connectivity index (χ1n) is 4.98. The van der Waals surface area contributed by atoms with Gasteiger partial charge >= 0.3 is 0 Å². The molecule has 0 N–H and O–H groups in total. The number of carbonyl (C=O) groups is 1. The van der Waals surface area contributed by atoms with Crippen molar-refractivity contribution in [3.63, 3.8) is 0 Å². The molecule has 1 saturated heterocycles. The zero-order valence-electron chi connectivity index (χ0n) is 8.15. The Morgan fingerprint density at radius 2 is 2.07 bits per heavy atom. The van der Waals surface area contributed by atoms with Crippen molar-refractivity contribution in [3.05, 3.63) is 30.1 Å². The Balaban J connectivity index is 1.89. The van der Waals surface area contributed by atoms with Crippen molar-refractivity contribution in [2.75, 3.05) is 13.1 Å². The molecule has 0 aromatic carbocycles. The molecule has 0 amide bonds. The van der Waals surface area contributed by atoms with Crippen LogP contribution in [0.3, 0.4) is 0 Å². The van der Waals surface area contributed by atoms with Gasteiger partial charge in [0.15, 0.2) is 0 Å². The largest absolute Gasteiger partial charge is 0.300 e. The SMILES string of the molecule is O=C1CCN(Cc2ccccn2)CC1. The first-order valence-corrected chi connectivity index (χ1v) is 4.98. The van der Waals surface area contributed by atoms with Crippen LogP contribution in [0.1, 0.15) is 18.5 Å². The molecule has 0 spiro atoms. The average molecular weight is 190 g/mol. The Morgan fingerprint density at radius 3 is 2.71 bits per heavy atom. The summed E-state index contributed by atoms with van der Waals surface area (Å²) in [5.74, 6) is 0.391. The molecule has 1 aromatic rings. The van der Waals surface area contributed by atoms with Gasteiger partial charge in [0.25, 0.3) is 0 Å². The Kier molecular flexibility index (Phi) is 2.89. The number of Topliss-reactive ketones (excluding diaryl/α,β-unsaturated/α-hetero) is 1. The average Bonchev–Trinajstić information content (AvgIpc) is 2.23. The fourth-order valence-corrected chi connectivity index (χ4v) is 1.68. The van der Waals surface area contributed by atoms with Crippen LogP contribution in [0, 0.1) is 0 Å². The van der Waals surface area contributed by atoms with Gasteiger partial charge in [-0.2, -0.15) is 0 Å². The van der Waals surface area contributed by atoms with Crippen LogP contribution in [0.5, 0.6) is 0 Å². The molecule has 0 saturated carbocycles. The lowest BCUT2D eigenvalue weighted by molar-refractivity contribution is -0.121. The minimum atomic E-state index is 0.391. The van der Waals surface area contributed by atoms with E-state index in [1.165, 1.54) is 0 Å². The maximum Gasteiger partial charge on any atom is 0.135 e. The Hall–Kier alpha value is -1.22. The predicted octanol–water partition coefficient (Wildman–Crippen LogP) is 1.25. The van der Waals surface area contributed by atoms with Gasteiger partial charge in [0, 0.05) is 38.7 Å². The molecule has 74 valence electrons. The molecule has 0 radical (unpaired) electrons. The van der Waals surface area contributed by atoms with E-state index in [-0.39, 0.29) is 0 Å².